The van der Waals surface area contributed by atoms with E-state index in [0.717, 1.165) is 29.9 Å². The summed E-state index contributed by atoms with van der Waals surface area (Å²) in [5.74, 6) is 0.437. The highest BCUT2D eigenvalue weighted by molar-refractivity contribution is 6.30. The van der Waals surface area contributed by atoms with Crippen molar-refractivity contribution in [2.75, 3.05) is 0 Å². The number of nitrogens with zero attached hydrogens (tertiary/aromatic N) is 5. The van der Waals surface area contributed by atoms with E-state index in [-0.39, 0.29) is 18.1 Å². The zero-order valence-corrected chi connectivity index (χ0v) is 20.5. The van der Waals surface area contributed by atoms with E-state index in [2.05, 4.69) is 30.4 Å². The van der Waals surface area contributed by atoms with Crippen molar-refractivity contribution in [3.05, 3.63) is 89.1 Å². The summed E-state index contributed by atoms with van der Waals surface area (Å²) in [4.78, 5) is 29.3. The summed E-state index contributed by atoms with van der Waals surface area (Å²) in [6.07, 6.45) is 9.35. The third kappa shape index (κ3) is 4.82. The fourth-order valence-electron chi connectivity index (χ4n) is 4.80. The number of carbonyl (C=O) groups is 1. The Morgan fingerprint density at radius 3 is 2.73 bits per heavy atom. The van der Waals surface area contributed by atoms with Gasteiger partial charge in [0.15, 0.2) is 11.3 Å². The average Bonchev–Trinajstić information content (AvgIpc) is 3.67. The van der Waals surface area contributed by atoms with Crippen molar-refractivity contribution in [2.45, 2.75) is 38.1 Å². The van der Waals surface area contributed by atoms with Gasteiger partial charge in [-0.15, -0.1) is 0 Å². The van der Waals surface area contributed by atoms with Crippen molar-refractivity contribution in [2.24, 2.45) is 0 Å². The van der Waals surface area contributed by atoms with Gasteiger partial charge in [-0.25, -0.2) is 24.0 Å². The molecule has 0 aliphatic heterocycles. The van der Waals surface area contributed by atoms with E-state index in [1.165, 1.54) is 31.3 Å². The third-order valence-electron chi connectivity index (χ3n) is 6.68. The lowest BCUT2D eigenvalue weighted by molar-refractivity contribution is 0.0947. The molecule has 186 valence electrons. The summed E-state index contributed by atoms with van der Waals surface area (Å²) in [6, 6.07) is 11.9. The van der Waals surface area contributed by atoms with Crippen LogP contribution in [0, 0.1) is 5.82 Å². The first kappa shape index (κ1) is 23.3. The average molecular weight is 516 g/mol. The van der Waals surface area contributed by atoms with Crippen molar-refractivity contribution in [1.82, 2.24) is 35.0 Å². The number of nitrogens with one attached hydrogen (secondary N) is 2. The summed E-state index contributed by atoms with van der Waals surface area (Å²) < 4.78 is 16.2. The molecule has 2 N–H and O–H groups in total. The fraction of sp³-hybridized carbons (Fsp3) is 0.222. The van der Waals surface area contributed by atoms with Crippen LogP contribution in [-0.2, 0) is 6.54 Å². The Morgan fingerprint density at radius 1 is 1.11 bits per heavy atom. The second kappa shape index (κ2) is 9.74. The van der Waals surface area contributed by atoms with Crippen LogP contribution in [0.2, 0.25) is 5.02 Å². The standard InChI is InChI=1S/C27H23ClFN7O/c28-20-5-7-22(8-6-20)36-14-19(13-33-36)18-9-16(10-21(29)11-18)12-30-27(37)24-23-26(32-15-31-24)35-25(34-23)17-3-1-2-4-17/h5-11,13-15,17H,1-4,12H2,(H,30,37)(H,31,32,34,35). The second-order valence-corrected chi connectivity index (χ2v) is 9.64. The van der Waals surface area contributed by atoms with Crippen LogP contribution in [0.5, 0.6) is 0 Å². The number of aromatic amines is 1. The normalized spacial score (nSPS) is 13.9. The molecule has 2 aromatic carbocycles. The Balaban J connectivity index is 1.20. The zero-order valence-electron chi connectivity index (χ0n) is 19.8. The number of halogens is 2. The number of carbonyl (C=O) groups excluding carboxylic acids is 1. The molecule has 0 radical (unpaired) electrons. The first-order valence-corrected chi connectivity index (χ1v) is 12.5. The molecule has 3 aromatic heterocycles. The summed E-state index contributed by atoms with van der Waals surface area (Å²) in [5.41, 5.74) is 4.08. The number of hydrogen-bond acceptors (Lipinski definition) is 5. The SMILES string of the molecule is O=C(NCc1cc(F)cc(-c2cnn(-c3ccc(Cl)cc3)c2)c1)c1ncnc2nc(C3CCCC3)[nH]c12. The van der Waals surface area contributed by atoms with E-state index >= 15 is 0 Å². The number of rotatable bonds is 6. The lowest BCUT2D eigenvalue weighted by Gasteiger charge is -2.08. The molecule has 37 heavy (non-hydrogen) atoms. The summed E-state index contributed by atoms with van der Waals surface area (Å²) in [7, 11) is 0. The third-order valence-corrected chi connectivity index (χ3v) is 6.93. The molecule has 1 aliphatic rings. The van der Waals surface area contributed by atoms with Gasteiger partial charge >= 0.3 is 0 Å². The smallest absolute Gasteiger partial charge is 0.272 e. The maximum Gasteiger partial charge on any atom is 0.272 e. The topological polar surface area (TPSA) is 101 Å². The summed E-state index contributed by atoms with van der Waals surface area (Å²) in [5, 5.41) is 7.87. The number of benzene rings is 2. The molecule has 0 atom stereocenters. The number of fused-ring (bicyclic) bond motifs is 1. The van der Waals surface area contributed by atoms with Crippen LogP contribution >= 0.6 is 11.6 Å². The molecule has 8 nitrogen and oxygen atoms in total. The quantitative estimate of drug-likeness (QED) is 0.307. The highest BCUT2D eigenvalue weighted by Gasteiger charge is 2.23. The number of amides is 1. The van der Waals surface area contributed by atoms with Gasteiger partial charge in [-0.1, -0.05) is 24.4 Å². The Kier molecular flexibility index (Phi) is 6.13. The second-order valence-electron chi connectivity index (χ2n) is 9.21. The molecule has 1 amide bonds. The van der Waals surface area contributed by atoms with Gasteiger partial charge in [0.05, 0.1) is 11.9 Å². The van der Waals surface area contributed by atoms with Crippen molar-refractivity contribution in [3.63, 3.8) is 0 Å². The van der Waals surface area contributed by atoms with E-state index in [1.807, 2.05) is 24.4 Å². The van der Waals surface area contributed by atoms with Crippen molar-refractivity contribution in [3.8, 4) is 16.8 Å². The Labute approximate surface area is 216 Å². The molecule has 0 saturated heterocycles. The lowest BCUT2D eigenvalue weighted by atomic mass is 10.1. The van der Waals surface area contributed by atoms with E-state index in [4.69, 9.17) is 11.6 Å². The number of H-pyrrole nitrogens is 1. The maximum atomic E-state index is 14.5. The molecule has 5 aromatic rings. The molecular formula is C27H23ClFN7O. The van der Waals surface area contributed by atoms with Gasteiger partial charge in [0, 0.05) is 29.2 Å². The minimum atomic E-state index is -0.403. The molecule has 6 rings (SSSR count). The minimum Gasteiger partial charge on any atom is -0.347 e. The van der Waals surface area contributed by atoms with Crippen LogP contribution < -0.4 is 5.32 Å². The Hall–Kier alpha value is -4.11. The molecule has 1 aliphatic carbocycles. The molecule has 0 spiro atoms. The van der Waals surface area contributed by atoms with Crippen LogP contribution in [0.1, 0.15) is 53.5 Å². The number of hydrogen-bond donors (Lipinski definition) is 2. The van der Waals surface area contributed by atoms with Crippen LogP contribution in [0.15, 0.2) is 61.2 Å². The monoisotopic (exact) mass is 515 g/mol. The molecule has 0 unspecified atom stereocenters. The molecule has 10 heteroatoms. The van der Waals surface area contributed by atoms with Gasteiger partial charge in [0.1, 0.15) is 23.5 Å². The van der Waals surface area contributed by atoms with Gasteiger partial charge in [-0.05, 0) is 66.4 Å². The van der Waals surface area contributed by atoms with Gasteiger partial charge < -0.3 is 10.3 Å². The van der Waals surface area contributed by atoms with Gasteiger partial charge in [0.25, 0.3) is 5.91 Å². The van der Waals surface area contributed by atoms with E-state index in [1.54, 1.807) is 23.0 Å². The highest BCUT2D eigenvalue weighted by atomic mass is 35.5. The largest absolute Gasteiger partial charge is 0.347 e. The summed E-state index contributed by atoms with van der Waals surface area (Å²) >= 11 is 5.97. The lowest BCUT2D eigenvalue weighted by Crippen LogP contribution is -2.24. The van der Waals surface area contributed by atoms with Crippen molar-refractivity contribution in [1.29, 1.82) is 0 Å². The Bertz CT molecular complexity index is 1590. The maximum absolute atomic E-state index is 14.5. The first-order chi connectivity index (χ1) is 18.0. The van der Waals surface area contributed by atoms with E-state index in [0.29, 0.717) is 33.2 Å². The van der Waals surface area contributed by atoms with Gasteiger partial charge in [-0.3, -0.25) is 4.79 Å². The van der Waals surface area contributed by atoms with Gasteiger partial charge in [-0.2, -0.15) is 5.10 Å². The molecule has 3 heterocycles. The number of imidazole rings is 1. The predicted octanol–water partition coefficient (Wildman–Crippen LogP) is 5.59. The van der Waals surface area contributed by atoms with Crippen LogP contribution in [0.4, 0.5) is 4.39 Å². The van der Waals surface area contributed by atoms with Crippen LogP contribution in [0.3, 0.4) is 0 Å². The predicted molar refractivity (Wildman–Crippen MR) is 138 cm³/mol. The zero-order chi connectivity index (χ0) is 25.4. The number of aromatic nitrogens is 6. The van der Waals surface area contributed by atoms with E-state index in [9.17, 15) is 9.18 Å². The van der Waals surface area contributed by atoms with Crippen molar-refractivity contribution < 1.29 is 9.18 Å². The molecular weight excluding hydrogens is 493 g/mol. The Morgan fingerprint density at radius 2 is 1.92 bits per heavy atom. The van der Waals surface area contributed by atoms with Crippen LogP contribution in [-0.4, -0.2) is 35.6 Å². The highest BCUT2D eigenvalue weighted by Crippen LogP contribution is 2.33. The first-order valence-electron chi connectivity index (χ1n) is 12.1. The van der Waals surface area contributed by atoms with Gasteiger partial charge in [0.2, 0.25) is 0 Å². The molecule has 1 fully saturated rings. The fourth-order valence-corrected chi connectivity index (χ4v) is 4.93. The molecule has 0 bridgehead atoms. The van der Waals surface area contributed by atoms with Crippen LogP contribution in [0.25, 0.3) is 28.0 Å². The minimum absolute atomic E-state index is 0.129. The van der Waals surface area contributed by atoms with E-state index < -0.39 is 5.82 Å². The summed E-state index contributed by atoms with van der Waals surface area (Å²) in [6.45, 7) is 0.129. The molecule has 1 saturated carbocycles. The van der Waals surface area contributed by atoms with Crippen molar-refractivity contribution >= 4 is 28.7 Å².